The molecule has 0 saturated heterocycles. The van der Waals surface area contributed by atoms with E-state index in [2.05, 4.69) is 10.1 Å². The molecule has 3 aromatic rings. The lowest BCUT2D eigenvalue weighted by atomic mass is 10.1. The number of fused-ring (bicyclic) bond motifs is 1. The molecular formula is C14H11N3O2. The smallest absolute Gasteiger partial charge is 0.356 e. The van der Waals surface area contributed by atoms with Gasteiger partial charge in [-0.1, -0.05) is 12.1 Å². The zero-order chi connectivity index (χ0) is 13.2. The number of benzene rings is 1. The minimum Gasteiger partial charge on any atom is -0.476 e. The number of hydrogen-bond acceptors (Lipinski definition) is 3. The quantitative estimate of drug-likeness (QED) is 0.776. The zero-order valence-corrected chi connectivity index (χ0v) is 10.0. The predicted molar refractivity (Wildman–Crippen MR) is 70.0 cm³/mol. The highest BCUT2D eigenvalue weighted by Crippen LogP contribution is 2.14. The van der Waals surface area contributed by atoms with Crippen LogP contribution in [-0.2, 0) is 6.54 Å². The highest BCUT2D eigenvalue weighted by molar-refractivity contribution is 5.85. The largest absolute Gasteiger partial charge is 0.476 e. The molecule has 0 amide bonds. The first-order valence-corrected chi connectivity index (χ1v) is 5.83. The van der Waals surface area contributed by atoms with Crippen molar-refractivity contribution in [3.63, 3.8) is 0 Å². The molecule has 0 aliphatic rings. The van der Waals surface area contributed by atoms with Gasteiger partial charge in [-0.25, -0.2) is 4.79 Å². The summed E-state index contributed by atoms with van der Waals surface area (Å²) >= 11 is 0. The number of pyridine rings is 1. The van der Waals surface area contributed by atoms with Crippen LogP contribution < -0.4 is 0 Å². The van der Waals surface area contributed by atoms with Gasteiger partial charge in [0.2, 0.25) is 0 Å². The van der Waals surface area contributed by atoms with Crippen molar-refractivity contribution in [2.75, 3.05) is 0 Å². The molecule has 5 nitrogen and oxygen atoms in total. The van der Waals surface area contributed by atoms with E-state index in [0.29, 0.717) is 6.54 Å². The van der Waals surface area contributed by atoms with Crippen molar-refractivity contribution in [2.45, 2.75) is 6.54 Å². The van der Waals surface area contributed by atoms with Crippen LogP contribution in [0.1, 0.15) is 16.1 Å². The molecular weight excluding hydrogens is 242 g/mol. The molecule has 19 heavy (non-hydrogen) atoms. The number of nitrogens with zero attached hydrogens (tertiary/aromatic N) is 3. The molecule has 0 spiro atoms. The predicted octanol–water partition coefficient (Wildman–Crippen LogP) is 2.18. The second kappa shape index (κ2) is 4.53. The van der Waals surface area contributed by atoms with Gasteiger partial charge in [0.15, 0.2) is 5.69 Å². The maximum absolute atomic E-state index is 10.8. The van der Waals surface area contributed by atoms with Gasteiger partial charge in [0.1, 0.15) is 0 Å². The van der Waals surface area contributed by atoms with Crippen LogP contribution in [0.25, 0.3) is 10.9 Å². The van der Waals surface area contributed by atoms with Gasteiger partial charge < -0.3 is 5.11 Å². The number of carboxylic acid groups (broad SMARTS) is 1. The first kappa shape index (κ1) is 11.4. The number of aromatic nitrogens is 3. The first-order valence-electron chi connectivity index (χ1n) is 5.83. The maximum atomic E-state index is 10.8. The number of hydrogen-bond donors (Lipinski definition) is 1. The monoisotopic (exact) mass is 253 g/mol. The highest BCUT2D eigenvalue weighted by atomic mass is 16.4. The molecule has 1 aromatic carbocycles. The molecule has 3 rings (SSSR count). The van der Waals surface area contributed by atoms with E-state index in [-0.39, 0.29) is 5.69 Å². The van der Waals surface area contributed by atoms with Gasteiger partial charge in [-0.3, -0.25) is 9.67 Å². The van der Waals surface area contributed by atoms with Crippen molar-refractivity contribution in [2.24, 2.45) is 0 Å². The summed E-state index contributed by atoms with van der Waals surface area (Å²) in [5.41, 5.74) is 2.06. The lowest BCUT2D eigenvalue weighted by Crippen LogP contribution is -2.03. The zero-order valence-electron chi connectivity index (χ0n) is 10.0. The van der Waals surface area contributed by atoms with Crippen LogP contribution in [-0.4, -0.2) is 25.8 Å². The lowest BCUT2D eigenvalue weighted by molar-refractivity contribution is 0.0689. The summed E-state index contributed by atoms with van der Waals surface area (Å²) < 4.78 is 1.61. The van der Waals surface area contributed by atoms with E-state index in [1.807, 2.05) is 30.3 Å². The van der Waals surface area contributed by atoms with Crippen LogP contribution in [0.15, 0.2) is 48.8 Å². The Bertz CT molecular complexity index is 749. The van der Waals surface area contributed by atoms with Gasteiger partial charge >= 0.3 is 5.97 Å². The fraction of sp³-hybridized carbons (Fsp3) is 0.0714. The minimum atomic E-state index is -1.01. The Labute approximate surface area is 109 Å². The van der Waals surface area contributed by atoms with Crippen LogP contribution in [0.3, 0.4) is 0 Å². The molecule has 0 saturated carbocycles. The van der Waals surface area contributed by atoms with Crippen LogP contribution in [0, 0.1) is 0 Å². The normalized spacial score (nSPS) is 10.7. The van der Waals surface area contributed by atoms with Crippen molar-refractivity contribution >= 4 is 16.9 Å². The second-order valence-corrected chi connectivity index (χ2v) is 4.23. The van der Waals surface area contributed by atoms with Gasteiger partial charge in [0.05, 0.1) is 12.1 Å². The SMILES string of the molecule is O=C(O)c1ccn(Cc2ccc3ncccc3c2)n1. The van der Waals surface area contributed by atoms with Crippen molar-refractivity contribution in [1.82, 2.24) is 14.8 Å². The highest BCUT2D eigenvalue weighted by Gasteiger charge is 2.06. The van der Waals surface area contributed by atoms with E-state index in [0.717, 1.165) is 16.5 Å². The Morgan fingerprint density at radius 3 is 2.95 bits per heavy atom. The molecule has 0 bridgehead atoms. The Balaban J connectivity index is 1.89. The summed E-state index contributed by atoms with van der Waals surface area (Å²) in [6.45, 7) is 0.540. The Kier molecular flexibility index (Phi) is 2.72. The third kappa shape index (κ3) is 2.30. The molecule has 94 valence electrons. The average Bonchev–Trinajstić information content (AvgIpc) is 2.87. The second-order valence-electron chi connectivity index (χ2n) is 4.23. The Hall–Kier alpha value is -2.69. The van der Waals surface area contributed by atoms with E-state index in [1.165, 1.54) is 6.07 Å². The summed E-state index contributed by atoms with van der Waals surface area (Å²) in [7, 11) is 0. The maximum Gasteiger partial charge on any atom is 0.356 e. The number of carbonyl (C=O) groups is 1. The summed E-state index contributed by atoms with van der Waals surface area (Å²) in [5.74, 6) is -1.01. The number of carboxylic acids is 1. The number of rotatable bonds is 3. The van der Waals surface area contributed by atoms with Crippen molar-refractivity contribution in [3.05, 3.63) is 60.0 Å². The van der Waals surface area contributed by atoms with Crippen LogP contribution in [0.5, 0.6) is 0 Å². The fourth-order valence-corrected chi connectivity index (χ4v) is 1.97. The van der Waals surface area contributed by atoms with Gasteiger partial charge in [0.25, 0.3) is 0 Å². The fourth-order valence-electron chi connectivity index (χ4n) is 1.97. The Morgan fingerprint density at radius 2 is 2.16 bits per heavy atom. The minimum absolute atomic E-state index is 0.0578. The van der Waals surface area contributed by atoms with E-state index in [4.69, 9.17) is 5.11 Å². The Morgan fingerprint density at radius 1 is 1.26 bits per heavy atom. The molecule has 1 N–H and O–H groups in total. The van der Waals surface area contributed by atoms with Gasteiger partial charge in [-0.2, -0.15) is 5.10 Å². The summed E-state index contributed by atoms with van der Waals surface area (Å²) in [4.78, 5) is 15.0. The first-order chi connectivity index (χ1) is 9.22. The van der Waals surface area contributed by atoms with Crippen LogP contribution in [0.4, 0.5) is 0 Å². The van der Waals surface area contributed by atoms with Crippen molar-refractivity contribution < 1.29 is 9.90 Å². The summed E-state index contributed by atoms with van der Waals surface area (Å²) in [6, 6.07) is 11.3. The van der Waals surface area contributed by atoms with Crippen LogP contribution in [0.2, 0.25) is 0 Å². The van der Waals surface area contributed by atoms with Gasteiger partial charge in [-0.05, 0) is 29.8 Å². The van der Waals surface area contributed by atoms with Crippen LogP contribution >= 0.6 is 0 Å². The molecule has 0 radical (unpaired) electrons. The van der Waals surface area contributed by atoms with E-state index < -0.39 is 5.97 Å². The molecule has 0 fully saturated rings. The van der Waals surface area contributed by atoms with E-state index in [1.54, 1.807) is 17.1 Å². The summed E-state index contributed by atoms with van der Waals surface area (Å²) in [6.07, 6.45) is 3.42. The standard InChI is InChI=1S/C14H11N3O2/c18-14(19)13-5-7-17(16-13)9-10-3-4-12-11(8-10)2-1-6-15-12/h1-8H,9H2,(H,18,19). The van der Waals surface area contributed by atoms with Crippen molar-refractivity contribution in [1.29, 1.82) is 0 Å². The van der Waals surface area contributed by atoms with E-state index >= 15 is 0 Å². The number of aromatic carboxylic acids is 1. The molecule has 0 aliphatic carbocycles. The molecule has 0 unspecified atom stereocenters. The molecule has 2 aromatic heterocycles. The lowest BCUT2D eigenvalue weighted by Gasteiger charge is -2.03. The molecule has 5 heteroatoms. The molecule has 2 heterocycles. The third-order valence-corrected chi connectivity index (χ3v) is 2.87. The van der Waals surface area contributed by atoms with Gasteiger partial charge in [0, 0.05) is 17.8 Å². The summed E-state index contributed by atoms with van der Waals surface area (Å²) in [5, 5.41) is 13.9. The molecule has 0 aliphatic heterocycles. The van der Waals surface area contributed by atoms with Gasteiger partial charge in [-0.15, -0.1) is 0 Å². The molecule has 0 atom stereocenters. The third-order valence-electron chi connectivity index (χ3n) is 2.87. The topological polar surface area (TPSA) is 68.0 Å². The van der Waals surface area contributed by atoms with E-state index in [9.17, 15) is 4.79 Å². The average molecular weight is 253 g/mol. The van der Waals surface area contributed by atoms with Crippen molar-refractivity contribution in [3.8, 4) is 0 Å².